The highest BCUT2D eigenvalue weighted by Crippen LogP contribution is 2.20. The number of amides is 3. The van der Waals surface area contributed by atoms with E-state index < -0.39 is 53.8 Å². The number of hydrogen-bond acceptors (Lipinski definition) is 6. The lowest BCUT2D eigenvalue weighted by Crippen LogP contribution is -2.59. The topological polar surface area (TPSA) is 179 Å². The monoisotopic (exact) mass is 504 g/mol. The molecule has 0 aliphatic carbocycles. The molecule has 0 radical (unpaired) electrons. The maximum absolute atomic E-state index is 13.4. The lowest BCUT2D eigenvalue weighted by atomic mass is 9.96. The smallest absolute Gasteiger partial charge is 0.326 e. The summed E-state index contributed by atoms with van der Waals surface area (Å²) in [5, 5.41) is 23.7. The molecule has 0 bridgehead atoms. The fourth-order valence-electron chi connectivity index (χ4n) is 4.17. The van der Waals surface area contributed by atoms with Crippen LogP contribution in [-0.4, -0.2) is 75.5 Å². The van der Waals surface area contributed by atoms with Crippen LogP contribution in [0.5, 0.6) is 0 Å². The number of carbonyl (C=O) groups is 5. The fourth-order valence-corrected chi connectivity index (χ4v) is 4.17. The number of aliphatic carboxylic acids is 2. The summed E-state index contributed by atoms with van der Waals surface area (Å²) < 4.78 is 0. The van der Waals surface area contributed by atoms with Gasteiger partial charge in [0.2, 0.25) is 17.7 Å². The van der Waals surface area contributed by atoms with Gasteiger partial charge >= 0.3 is 11.9 Å². The van der Waals surface area contributed by atoms with Crippen LogP contribution in [0.25, 0.3) is 0 Å². The van der Waals surface area contributed by atoms with E-state index in [1.807, 2.05) is 13.0 Å². The number of benzene rings is 1. The largest absolute Gasteiger partial charge is 0.481 e. The minimum absolute atomic E-state index is 0.0866. The van der Waals surface area contributed by atoms with E-state index in [4.69, 9.17) is 10.8 Å². The predicted molar refractivity (Wildman–Crippen MR) is 131 cm³/mol. The standard InChI is InChI=1S/C25H36N4O7/c1-3-15(2)21(28-22(32)17(26)11-12-20(30)31)23(33)27-18(14-16-8-5-4-6-9-16)24(34)29-13-7-10-19(29)25(35)36/h4-6,8-9,15,17-19,21H,3,7,10-14,26H2,1-2H3,(H,27,33)(H,28,32)(H,30,31)(H,35,36). The average Bonchev–Trinajstić information content (AvgIpc) is 3.35. The molecule has 6 N–H and O–H groups in total. The van der Waals surface area contributed by atoms with E-state index in [0.717, 1.165) is 5.56 Å². The van der Waals surface area contributed by atoms with Crippen LogP contribution in [-0.2, 0) is 30.4 Å². The van der Waals surface area contributed by atoms with Crippen molar-refractivity contribution in [3.8, 4) is 0 Å². The maximum atomic E-state index is 13.4. The van der Waals surface area contributed by atoms with Crippen molar-refractivity contribution in [1.82, 2.24) is 15.5 Å². The molecule has 36 heavy (non-hydrogen) atoms. The van der Waals surface area contributed by atoms with Crippen LogP contribution in [0.1, 0.15) is 51.5 Å². The van der Waals surface area contributed by atoms with Crippen molar-refractivity contribution >= 4 is 29.7 Å². The number of hydrogen-bond donors (Lipinski definition) is 5. The van der Waals surface area contributed by atoms with Gasteiger partial charge in [0.15, 0.2) is 0 Å². The number of carboxylic acid groups (broad SMARTS) is 2. The lowest BCUT2D eigenvalue weighted by molar-refractivity contribution is -0.149. The van der Waals surface area contributed by atoms with Gasteiger partial charge in [0.25, 0.3) is 0 Å². The molecule has 5 atom stereocenters. The molecule has 0 saturated carbocycles. The molecule has 0 spiro atoms. The van der Waals surface area contributed by atoms with E-state index in [-0.39, 0.29) is 31.7 Å². The van der Waals surface area contributed by atoms with Crippen molar-refractivity contribution in [1.29, 1.82) is 0 Å². The number of nitrogens with one attached hydrogen (secondary N) is 2. The third-order valence-corrected chi connectivity index (χ3v) is 6.52. The van der Waals surface area contributed by atoms with Crippen molar-refractivity contribution in [2.45, 2.75) is 76.5 Å². The molecule has 5 unspecified atom stereocenters. The van der Waals surface area contributed by atoms with E-state index in [1.54, 1.807) is 31.2 Å². The van der Waals surface area contributed by atoms with Gasteiger partial charge in [0.05, 0.1) is 6.04 Å². The zero-order valence-corrected chi connectivity index (χ0v) is 20.7. The van der Waals surface area contributed by atoms with Crippen LogP contribution in [0.3, 0.4) is 0 Å². The molecule has 1 saturated heterocycles. The number of carbonyl (C=O) groups excluding carboxylic acids is 3. The quantitative estimate of drug-likeness (QED) is 0.258. The van der Waals surface area contributed by atoms with Gasteiger partial charge < -0.3 is 31.5 Å². The molecule has 3 amide bonds. The molecule has 1 aliphatic rings. The van der Waals surface area contributed by atoms with Gasteiger partial charge in [-0.25, -0.2) is 4.79 Å². The van der Waals surface area contributed by atoms with Crippen molar-refractivity contribution in [3.63, 3.8) is 0 Å². The van der Waals surface area contributed by atoms with Gasteiger partial charge in [-0.1, -0.05) is 50.6 Å². The Morgan fingerprint density at radius 3 is 2.33 bits per heavy atom. The van der Waals surface area contributed by atoms with Crippen LogP contribution in [0.4, 0.5) is 0 Å². The lowest BCUT2D eigenvalue weighted by Gasteiger charge is -2.30. The normalized spacial score (nSPS) is 18.5. The van der Waals surface area contributed by atoms with E-state index >= 15 is 0 Å². The molecular weight excluding hydrogens is 468 g/mol. The van der Waals surface area contributed by atoms with Gasteiger partial charge in [0.1, 0.15) is 18.1 Å². The predicted octanol–water partition coefficient (Wildman–Crippen LogP) is 0.513. The van der Waals surface area contributed by atoms with Crippen LogP contribution >= 0.6 is 0 Å². The minimum atomic E-state index is -1.11. The first-order chi connectivity index (χ1) is 17.0. The third kappa shape index (κ3) is 8.04. The molecule has 2 rings (SSSR count). The molecule has 1 aromatic carbocycles. The zero-order valence-electron chi connectivity index (χ0n) is 20.7. The highest BCUT2D eigenvalue weighted by molar-refractivity contribution is 5.94. The Morgan fingerprint density at radius 1 is 1.08 bits per heavy atom. The third-order valence-electron chi connectivity index (χ3n) is 6.52. The van der Waals surface area contributed by atoms with Crippen LogP contribution in [0, 0.1) is 5.92 Å². The van der Waals surface area contributed by atoms with Crippen LogP contribution in [0.15, 0.2) is 30.3 Å². The number of rotatable bonds is 13. The first-order valence-corrected chi connectivity index (χ1v) is 12.2. The summed E-state index contributed by atoms with van der Waals surface area (Å²) in [7, 11) is 0. The Labute approximate surface area is 210 Å². The average molecular weight is 505 g/mol. The highest BCUT2D eigenvalue weighted by atomic mass is 16.4. The Kier molecular flexibility index (Phi) is 10.8. The number of nitrogens with zero attached hydrogens (tertiary/aromatic N) is 1. The maximum Gasteiger partial charge on any atom is 0.326 e. The Hall–Kier alpha value is -3.47. The fraction of sp³-hybridized carbons (Fsp3) is 0.560. The number of likely N-dealkylation sites (tertiary alicyclic amines) is 1. The molecule has 1 fully saturated rings. The SMILES string of the molecule is CCC(C)C(NC(=O)C(N)CCC(=O)O)C(=O)NC(Cc1ccccc1)C(=O)N1CCCC1C(=O)O. The Morgan fingerprint density at radius 2 is 1.75 bits per heavy atom. The van der Waals surface area contributed by atoms with E-state index in [1.165, 1.54) is 4.90 Å². The Bertz CT molecular complexity index is 940. The second-order valence-corrected chi connectivity index (χ2v) is 9.19. The van der Waals surface area contributed by atoms with Gasteiger partial charge in [-0.05, 0) is 30.7 Å². The molecule has 11 heteroatoms. The summed E-state index contributed by atoms with van der Waals surface area (Å²) >= 11 is 0. The van der Waals surface area contributed by atoms with E-state index in [9.17, 15) is 29.1 Å². The summed E-state index contributed by atoms with van der Waals surface area (Å²) in [6, 6.07) is 4.92. The summed E-state index contributed by atoms with van der Waals surface area (Å²) in [6.07, 6.45) is 1.20. The van der Waals surface area contributed by atoms with Gasteiger partial charge in [0, 0.05) is 19.4 Å². The molecule has 1 aliphatic heterocycles. The van der Waals surface area contributed by atoms with Gasteiger partial charge in [-0.3, -0.25) is 19.2 Å². The number of nitrogens with two attached hydrogens (primary N) is 1. The molecule has 198 valence electrons. The second kappa shape index (κ2) is 13.6. The highest BCUT2D eigenvalue weighted by Gasteiger charge is 2.39. The van der Waals surface area contributed by atoms with E-state index in [2.05, 4.69) is 10.6 Å². The van der Waals surface area contributed by atoms with Crippen molar-refractivity contribution < 1.29 is 34.2 Å². The second-order valence-electron chi connectivity index (χ2n) is 9.19. The van der Waals surface area contributed by atoms with Gasteiger partial charge in [-0.2, -0.15) is 0 Å². The molecule has 0 aromatic heterocycles. The van der Waals surface area contributed by atoms with Crippen molar-refractivity contribution in [2.75, 3.05) is 6.54 Å². The molecular formula is C25H36N4O7. The summed E-state index contributed by atoms with van der Waals surface area (Å²) in [5.74, 6) is -4.24. The zero-order chi connectivity index (χ0) is 26.8. The first-order valence-electron chi connectivity index (χ1n) is 12.2. The van der Waals surface area contributed by atoms with Crippen molar-refractivity contribution in [3.05, 3.63) is 35.9 Å². The first kappa shape index (κ1) is 28.8. The van der Waals surface area contributed by atoms with Crippen LogP contribution < -0.4 is 16.4 Å². The molecule has 11 nitrogen and oxygen atoms in total. The van der Waals surface area contributed by atoms with E-state index in [0.29, 0.717) is 19.3 Å². The molecule has 1 aromatic rings. The Balaban J connectivity index is 2.23. The van der Waals surface area contributed by atoms with Gasteiger partial charge in [-0.15, -0.1) is 0 Å². The molecule has 1 heterocycles. The summed E-state index contributed by atoms with van der Waals surface area (Å²) in [5.41, 5.74) is 6.59. The van der Waals surface area contributed by atoms with Crippen LogP contribution in [0.2, 0.25) is 0 Å². The summed E-state index contributed by atoms with van der Waals surface area (Å²) in [4.78, 5) is 63.1. The van der Waals surface area contributed by atoms with Crippen molar-refractivity contribution in [2.24, 2.45) is 11.7 Å². The number of carboxylic acids is 2. The summed E-state index contributed by atoms with van der Waals surface area (Å²) in [6.45, 7) is 3.89. The minimum Gasteiger partial charge on any atom is -0.481 e.